The van der Waals surface area contributed by atoms with E-state index in [0.29, 0.717) is 36.5 Å². The van der Waals surface area contributed by atoms with Crippen molar-refractivity contribution in [2.45, 2.75) is 45.2 Å². The first-order chi connectivity index (χ1) is 19.9. The van der Waals surface area contributed by atoms with Crippen LogP contribution in [0.15, 0.2) is 53.8 Å². The van der Waals surface area contributed by atoms with Gasteiger partial charge in [0.15, 0.2) is 0 Å². The first kappa shape index (κ1) is 27.2. The molecule has 0 aliphatic carbocycles. The summed E-state index contributed by atoms with van der Waals surface area (Å²) in [5.41, 5.74) is 6.47. The Bertz CT molecular complexity index is 1480. The van der Waals surface area contributed by atoms with E-state index in [1.165, 1.54) is 6.07 Å². The number of aromatic nitrogens is 2. The maximum Gasteiger partial charge on any atom is 0.268 e. The van der Waals surface area contributed by atoms with Gasteiger partial charge in [0, 0.05) is 64.1 Å². The fourth-order valence-corrected chi connectivity index (χ4v) is 6.04. The molecule has 1 amide bonds. The number of hydrogen-bond donors (Lipinski definition) is 0. The van der Waals surface area contributed by atoms with Crippen molar-refractivity contribution >= 4 is 17.3 Å². The zero-order valence-electron chi connectivity index (χ0n) is 23.4. The third-order valence-electron chi connectivity index (χ3n) is 8.45. The van der Waals surface area contributed by atoms with Crippen LogP contribution in [0.3, 0.4) is 0 Å². The molecule has 0 spiro atoms. The molecule has 0 atom stereocenters. The highest BCUT2D eigenvalue weighted by atomic mass is 19.1. The van der Waals surface area contributed by atoms with Crippen LogP contribution in [0.25, 0.3) is 0 Å². The van der Waals surface area contributed by atoms with Crippen molar-refractivity contribution in [2.75, 3.05) is 39.3 Å². The SMILES string of the molecule is Cc1cnc(CN2CCC(c3cc4c(cc3F)N=C(C(=O)N3CCN(Cc5ccc(C#N)cc5)CC3)C4)CC2)cn1. The molecule has 6 rings (SSSR count). The average Bonchev–Trinajstić information content (AvgIpc) is 3.41. The number of aliphatic imine (C=N–C) groups is 1. The predicted molar refractivity (Wildman–Crippen MR) is 154 cm³/mol. The third kappa shape index (κ3) is 6.19. The molecule has 3 aliphatic heterocycles. The van der Waals surface area contributed by atoms with Gasteiger partial charge < -0.3 is 4.90 Å². The van der Waals surface area contributed by atoms with Crippen molar-refractivity contribution in [3.63, 3.8) is 0 Å². The van der Waals surface area contributed by atoms with Crippen molar-refractivity contribution in [2.24, 2.45) is 4.99 Å². The number of carbonyl (C=O) groups is 1. The molecular formula is C32H34FN7O. The topological polar surface area (TPSA) is 88.7 Å². The molecule has 3 aromatic rings. The smallest absolute Gasteiger partial charge is 0.268 e. The van der Waals surface area contributed by atoms with Crippen molar-refractivity contribution in [1.29, 1.82) is 5.26 Å². The van der Waals surface area contributed by atoms with Gasteiger partial charge in [-0.2, -0.15) is 5.26 Å². The number of amides is 1. The Morgan fingerprint density at radius 2 is 1.71 bits per heavy atom. The fourth-order valence-electron chi connectivity index (χ4n) is 6.04. The summed E-state index contributed by atoms with van der Waals surface area (Å²) in [6.45, 7) is 8.08. The molecule has 41 heavy (non-hydrogen) atoms. The Hall–Kier alpha value is -4.00. The lowest BCUT2D eigenvalue weighted by molar-refractivity contribution is -0.125. The van der Waals surface area contributed by atoms with Crippen LogP contribution in [0.5, 0.6) is 0 Å². The molecule has 0 unspecified atom stereocenters. The van der Waals surface area contributed by atoms with Crippen molar-refractivity contribution in [1.82, 2.24) is 24.7 Å². The molecule has 0 saturated carbocycles. The number of hydrogen-bond acceptors (Lipinski definition) is 7. The van der Waals surface area contributed by atoms with Gasteiger partial charge in [-0.3, -0.25) is 24.6 Å². The zero-order chi connectivity index (χ0) is 28.3. The largest absolute Gasteiger partial charge is 0.335 e. The van der Waals surface area contributed by atoms with Crippen LogP contribution in [0, 0.1) is 24.1 Å². The van der Waals surface area contributed by atoms with E-state index in [2.05, 4.69) is 30.8 Å². The van der Waals surface area contributed by atoms with Crippen LogP contribution >= 0.6 is 0 Å². The van der Waals surface area contributed by atoms with Crippen molar-refractivity contribution < 1.29 is 9.18 Å². The summed E-state index contributed by atoms with van der Waals surface area (Å²) in [4.78, 5) is 33.2. The zero-order valence-corrected chi connectivity index (χ0v) is 23.4. The number of carbonyl (C=O) groups excluding carboxylic acids is 1. The first-order valence-corrected chi connectivity index (χ1v) is 14.4. The van der Waals surface area contributed by atoms with Crippen LogP contribution in [0.2, 0.25) is 0 Å². The summed E-state index contributed by atoms with van der Waals surface area (Å²) < 4.78 is 15.2. The van der Waals surface area contributed by atoms with Gasteiger partial charge in [0.05, 0.1) is 28.7 Å². The normalized spacial score (nSPS) is 18.2. The highest BCUT2D eigenvalue weighted by Crippen LogP contribution is 2.36. The van der Waals surface area contributed by atoms with Crippen LogP contribution in [-0.2, 0) is 24.3 Å². The lowest BCUT2D eigenvalue weighted by Gasteiger charge is -2.34. The molecule has 0 bridgehead atoms. The van der Waals surface area contributed by atoms with E-state index in [1.807, 2.05) is 48.4 Å². The van der Waals surface area contributed by atoms with Gasteiger partial charge in [-0.05, 0) is 67.6 Å². The van der Waals surface area contributed by atoms with E-state index in [0.717, 1.165) is 80.2 Å². The standard InChI is InChI=1S/C32H34FN7O/c1-22-18-36-27(19-35-22)21-38-8-6-25(7-9-38)28-14-26-15-31(37-30(26)16-29(28)33)32(41)40-12-10-39(11-13-40)20-24-4-2-23(17-34)3-5-24/h2-5,14,16,18-19,25H,6-13,15,20-21H2,1H3. The molecule has 1 aromatic heterocycles. The molecule has 3 aliphatic rings. The average molecular weight is 552 g/mol. The molecule has 4 heterocycles. The Morgan fingerprint density at radius 1 is 0.976 bits per heavy atom. The first-order valence-electron chi connectivity index (χ1n) is 14.4. The number of benzene rings is 2. The second-order valence-corrected chi connectivity index (χ2v) is 11.3. The number of aryl methyl sites for hydroxylation is 1. The molecular weight excluding hydrogens is 517 g/mol. The molecule has 0 N–H and O–H groups in total. The van der Waals surface area contributed by atoms with Gasteiger partial charge in [0.1, 0.15) is 11.5 Å². The fraction of sp³-hybridized carbons (Fsp3) is 0.406. The van der Waals surface area contributed by atoms with Gasteiger partial charge in [0.2, 0.25) is 0 Å². The van der Waals surface area contributed by atoms with Gasteiger partial charge >= 0.3 is 0 Å². The highest BCUT2D eigenvalue weighted by molar-refractivity contribution is 6.40. The maximum atomic E-state index is 15.2. The Morgan fingerprint density at radius 3 is 2.39 bits per heavy atom. The number of halogens is 1. The summed E-state index contributed by atoms with van der Waals surface area (Å²) in [6.07, 6.45) is 5.85. The number of piperazine rings is 1. The van der Waals surface area contributed by atoms with E-state index >= 15 is 4.39 Å². The Kier molecular flexibility index (Phi) is 7.86. The lowest BCUT2D eigenvalue weighted by atomic mass is 9.87. The maximum absolute atomic E-state index is 15.2. The van der Waals surface area contributed by atoms with E-state index in [4.69, 9.17) is 5.26 Å². The van der Waals surface area contributed by atoms with E-state index in [-0.39, 0.29) is 17.6 Å². The summed E-state index contributed by atoms with van der Waals surface area (Å²) in [7, 11) is 0. The summed E-state index contributed by atoms with van der Waals surface area (Å²) >= 11 is 0. The van der Waals surface area contributed by atoms with Crippen LogP contribution in [0.1, 0.15) is 52.4 Å². The molecule has 2 aromatic carbocycles. The number of nitrogens with zero attached hydrogens (tertiary/aromatic N) is 7. The number of likely N-dealkylation sites (tertiary alicyclic amines) is 1. The van der Waals surface area contributed by atoms with Gasteiger partial charge in [-0.1, -0.05) is 18.2 Å². The minimum atomic E-state index is -0.222. The van der Waals surface area contributed by atoms with Crippen LogP contribution in [-0.4, -0.2) is 75.6 Å². The van der Waals surface area contributed by atoms with Crippen molar-refractivity contribution in [3.8, 4) is 6.07 Å². The quantitative estimate of drug-likeness (QED) is 0.458. The molecule has 0 radical (unpaired) electrons. The monoisotopic (exact) mass is 551 g/mol. The minimum Gasteiger partial charge on any atom is -0.335 e. The number of nitriles is 1. The molecule has 9 heteroatoms. The number of fused-ring (bicyclic) bond motifs is 1. The number of piperidine rings is 1. The van der Waals surface area contributed by atoms with Gasteiger partial charge in [-0.25, -0.2) is 9.38 Å². The molecule has 210 valence electrons. The third-order valence-corrected chi connectivity index (χ3v) is 8.45. The van der Waals surface area contributed by atoms with E-state index in [9.17, 15) is 4.79 Å². The highest BCUT2D eigenvalue weighted by Gasteiger charge is 2.30. The summed E-state index contributed by atoms with van der Waals surface area (Å²) in [5, 5.41) is 8.99. The predicted octanol–water partition coefficient (Wildman–Crippen LogP) is 4.15. The van der Waals surface area contributed by atoms with Gasteiger partial charge in [0.25, 0.3) is 5.91 Å². The van der Waals surface area contributed by atoms with Gasteiger partial charge in [-0.15, -0.1) is 0 Å². The van der Waals surface area contributed by atoms with E-state index in [1.54, 1.807) is 6.20 Å². The summed E-state index contributed by atoms with van der Waals surface area (Å²) in [5.74, 6) is -0.112. The summed E-state index contributed by atoms with van der Waals surface area (Å²) in [6, 6.07) is 13.3. The molecule has 2 fully saturated rings. The van der Waals surface area contributed by atoms with E-state index < -0.39 is 0 Å². The second kappa shape index (κ2) is 11.9. The lowest BCUT2D eigenvalue weighted by Crippen LogP contribution is -2.50. The van der Waals surface area contributed by atoms with Crippen molar-refractivity contribution in [3.05, 3.63) is 88.3 Å². The number of rotatable bonds is 6. The minimum absolute atomic E-state index is 0.0475. The van der Waals surface area contributed by atoms with Crippen LogP contribution in [0.4, 0.5) is 10.1 Å². The Balaban J connectivity index is 1.02. The Labute approximate surface area is 240 Å². The molecule has 8 nitrogen and oxygen atoms in total. The van der Waals surface area contributed by atoms with Crippen LogP contribution < -0.4 is 0 Å². The molecule has 2 saturated heterocycles. The second-order valence-electron chi connectivity index (χ2n) is 11.3.